The van der Waals surface area contributed by atoms with E-state index in [-0.39, 0.29) is 5.91 Å². The highest BCUT2D eigenvalue weighted by Gasteiger charge is 2.09. The number of benzene rings is 1. The largest absolute Gasteiger partial charge is 0.497 e. The first kappa shape index (κ1) is 14.1. The minimum atomic E-state index is -0.134. The van der Waals surface area contributed by atoms with Crippen LogP contribution in [0.5, 0.6) is 5.75 Å². The number of imidazole rings is 1. The lowest BCUT2D eigenvalue weighted by molar-refractivity contribution is 0.0948. The molecule has 0 unspecified atom stereocenters. The highest BCUT2D eigenvalue weighted by atomic mass is 16.5. The summed E-state index contributed by atoms with van der Waals surface area (Å²) in [7, 11) is 1.63. The Hall–Kier alpha value is -2.30. The van der Waals surface area contributed by atoms with E-state index in [1.54, 1.807) is 19.6 Å². The third-order valence-electron chi connectivity index (χ3n) is 3.00. The van der Waals surface area contributed by atoms with Crippen LogP contribution >= 0.6 is 0 Å². The SMILES string of the molecule is CCCCNC(=O)c1cn(-c2ccc(OC)cc2)cn1. The summed E-state index contributed by atoms with van der Waals surface area (Å²) in [6, 6.07) is 7.57. The first-order valence-electron chi connectivity index (χ1n) is 6.71. The van der Waals surface area contributed by atoms with Crippen LogP contribution in [0.25, 0.3) is 5.69 Å². The molecule has 0 aliphatic rings. The molecule has 0 bridgehead atoms. The summed E-state index contributed by atoms with van der Waals surface area (Å²) in [5.41, 5.74) is 1.36. The lowest BCUT2D eigenvalue weighted by atomic mass is 10.3. The van der Waals surface area contributed by atoms with Gasteiger partial charge in [0, 0.05) is 18.4 Å². The van der Waals surface area contributed by atoms with E-state index in [0.29, 0.717) is 12.2 Å². The maximum absolute atomic E-state index is 11.9. The molecule has 5 nitrogen and oxygen atoms in total. The van der Waals surface area contributed by atoms with Crippen molar-refractivity contribution in [1.82, 2.24) is 14.9 Å². The van der Waals surface area contributed by atoms with E-state index in [4.69, 9.17) is 4.74 Å². The first-order chi connectivity index (χ1) is 9.74. The van der Waals surface area contributed by atoms with Crippen LogP contribution in [0.2, 0.25) is 0 Å². The zero-order valence-corrected chi connectivity index (χ0v) is 11.8. The monoisotopic (exact) mass is 273 g/mol. The minimum absolute atomic E-state index is 0.134. The second-order valence-corrected chi connectivity index (χ2v) is 4.47. The van der Waals surface area contributed by atoms with Crippen LogP contribution in [0.4, 0.5) is 0 Å². The normalized spacial score (nSPS) is 10.3. The van der Waals surface area contributed by atoms with Gasteiger partial charge in [0.25, 0.3) is 5.91 Å². The van der Waals surface area contributed by atoms with Crippen LogP contribution in [0.3, 0.4) is 0 Å². The predicted molar refractivity (Wildman–Crippen MR) is 77.4 cm³/mol. The Morgan fingerprint density at radius 3 is 2.75 bits per heavy atom. The molecule has 0 spiro atoms. The number of amides is 1. The van der Waals surface area contributed by atoms with Crippen molar-refractivity contribution in [3.63, 3.8) is 0 Å². The molecule has 0 aliphatic carbocycles. The second kappa shape index (κ2) is 6.75. The number of nitrogens with one attached hydrogen (secondary N) is 1. The van der Waals surface area contributed by atoms with Crippen LogP contribution in [0, 0.1) is 0 Å². The molecule has 5 heteroatoms. The molecule has 2 rings (SSSR count). The van der Waals surface area contributed by atoms with E-state index < -0.39 is 0 Å². The quantitative estimate of drug-likeness (QED) is 0.822. The molecule has 0 fully saturated rings. The number of methoxy groups -OCH3 is 1. The Kier molecular flexibility index (Phi) is 4.76. The summed E-state index contributed by atoms with van der Waals surface area (Å²) in [5.74, 6) is 0.664. The molecular weight excluding hydrogens is 254 g/mol. The number of unbranched alkanes of at least 4 members (excludes halogenated alkanes) is 1. The molecule has 20 heavy (non-hydrogen) atoms. The number of ether oxygens (including phenoxy) is 1. The summed E-state index contributed by atoms with van der Waals surface area (Å²) >= 11 is 0. The van der Waals surface area contributed by atoms with Crippen molar-refractivity contribution in [3.05, 3.63) is 42.5 Å². The van der Waals surface area contributed by atoms with Gasteiger partial charge >= 0.3 is 0 Å². The van der Waals surface area contributed by atoms with E-state index in [2.05, 4.69) is 17.2 Å². The van der Waals surface area contributed by atoms with Crippen LogP contribution < -0.4 is 10.1 Å². The van der Waals surface area contributed by atoms with Gasteiger partial charge in [-0.05, 0) is 30.7 Å². The van der Waals surface area contributed by atoms with Crippen LogP contribution in [-0.2, 0) is 0 Å². The standard InChI is InChI=1S/C15H19N3O2/c1-3-4-9-16-15(19)14-10-18(11-17-14)12-5-7-13(20-2)8-6-12/h5-8,10-11H,3-4,9H2,1-2H3,(H,16,19). The minimum Gasteiger partial charge on any atom is -0.497 e. The van der Waals surface area contributed by atoms with Gasteiger partial charge in [0.15, 0.2) is 0 Å². The van der Waals surface area contributed by atoms with Crippen LogP contribution in [-0.4, -0.2) is 29.1 Å². The average molecular weight is 273 g/mol. The van der Waals surface area contributed by atoms with Crippen molar-refractivity contribution in [2.75, 3.05) is 13.7 Å². The number of aromatic nitrogens is 2. The zero-order valence-electron chi connectivity index (χ0n) is 11.8. The summed E-state index contributed by atoms with van der Waals surface area (Å²) in [6.07, 6.45) is 5.39. The van der Waals surface area contributed by atoms with Crippen molar-refractivity contribution >= 4 is 5.91 Å². The van der Waals surface area contributed by atoms with Gasteiger partial charge in [-0.25, -0.2) is 4.98 Å². The Morgan fingerprint density at radius 1 is 1.35 bits per heavy atom. The molecule has 0 saturated carbocycles. The highest BCUT2D eigenvalue weighted by Crippen LogP contribution is 2.15. The fourth-order valence-corrected chi connectivity index (χ4v) is 1.80. The van der Waals surface area contributed by atoms with Gasteiger partial charge in [-0.2, -0.15) is 0 Å². The van der Waals surface area contributed by atoms with Gasteiger partial charge in [0.1, 0.15) is 17.8 Å². The maximum Gasteiger partial charge on any atom is 0.271 e. The number of carbonyl (C=O) groups excluding carboxylic acids is 1. The molecule has 0 atom stereocenters. The van der Waals surface area contributed by atoms with E-state index in [1.807, 2.05) is 28.8 Å². The number of rotatable bonds is 6. The van der Waals surface area contributed by atoms with Crippen molar-refractivity contribution in [2.45, 2.75) is 19.8 Å². The number of carbonyl (C=O) groups is 1. The first-order valence-corrected chi connectivity index (χ1v) is 6.71. The smallest absolute Gasteiger partial charge is 0.271 e. The fraction of sp³-hybridized carbons (Fsp3) is 0.333. The van der Waals surface area contributed by atoms with Crippen LogP contribution in [0.15, 0.2) is 36.8 Å². The van der Waals surface area contributed by atoms with E-state index in [1.165, 1.54) is 0 Å². The molecule has 1 heterocycles. The Balaban J connectivity index is 2.05. The predicted octanol–water partition coefficient (Wildman–Crippen LogP) is 2.41. The lowest BCUT2D eigenvalue weighted by Gasteiger charge is -2.03. The van der Waals surface area contributed by atoms with Gasteiger partial charge in [-0.1, -0.05) is 13.3 Å². The topological polar surface area (TPSA) is 56.2 Å². The molecule has 0 saturated heterocycles. The molecule has 1 aromatic heterocycles. The second-order valence-electron chi connectivity index (χ2n) is 4.47. The lowest BCUT2D eigenvalue weighted by Crippen LogP contribution is -2.24. The summed E-state index contributed by atoms with van der Waals surface area (Å²) in [5, 5.41) is 2.85. The molecule has 1 amide bonds. The van der Waals surface area contributed by atoms with Gasteiger partial charge < -0.3 is 14.6 Å². The number of hydrogen-bond acceptors (Lipinski definition) is 3. The van der Waals surface area contributed by atoms with Crippen LogP contribution in [0.1, 0.15) is 30.3 Å². The zero-order chi connectivity index (χ0) is 14.4. The molecule has 1 N–H and O–H groups in total. The molecular formula is C15H19N3O2. The van der Waals surface area contributed by atoms with Crippen molar-refractivity contribution < 1.29 is 9.53 Å². The molecule has 1 aromatic carbocycles. The van der Waals surface area contributed by atoms with E-state index in [9.17, 15) is 4.79 Å². The van der Waals surface area contributed by atoms with E-state index >= 15 is 0 Å². The Morgan fingerprint density at radius 2 is 2.10 bits per heavy atom. The summed E-state index contributed by atoms with van der Waals surface area (Å²) in [4.78, 5) is 16.0. The molecule has 0 radical (unpaired) electrons. The molecule has 2 aromatic rings. The maximum atomic E-state index is 11.9. The average Bonchev–Trinajstić information content (AvgIpc) is 2.97. The van der Waals surface area contributed by atoms with Crippen molar-refractivity contribution in [3.8, 4) is 11.4 Å². The van der Waals surface area contributed by atoms with E-state index in [0.717, 1.165) is 24.3 Å². The highest BCUT2D eigenvalue weighted by molar-refractivity contribution is 5.92. The van der Waals surface area contributed by atoms with Gasteiger partial charge in [-0.3, -0.25) is 4.79 Å². The third kappa shape index (κ3) is 3.38. The Labute approximate surface area is 118 Å². The fourth-order valence-electron chi connectivity index (χ4n) is 1.80. The van der Waals surface area contributed by atoms with Gasteiger partial charge in [0.2, 0.25) is 0 Å². The van der Waals surface area contributed by atoms with Crippen molar-refractivity contribution in [1.29, 1.82) is 0 Å². The molecule has 0 aliphatic heterocycles. The molecule has 106 valence electrons. The third-order valence-corrected chi connectivity index (χ3v) is 3.00. The summed E-state index contributed by atoms with van der Waals surface area (Å²) < 4.78 is 6.93. The Bertz CT molecular complexity index is 561. The van der Waals surface area contributed by atoms with Gasteiger partial charge in [-0.15, -0.1) is 0 Å². The van der Waals surface area contributed by atoms with Crippen molar-refractivity contribution in [2.24, 2.45) is 0 Å². The summed E-state index contributed by atoms with van der Waals surface area (Å²) in [6.45, 7) is 2.77. The van der Waals surface area contributed by atoms with Gasteiger partial charge in [0.05, 0.1) is 7.11 Å². The number of hydrogen-bond donors (Lipinski definition) is 1. The number of nitrogens with zero attached hydrogens (tertiary/aromatic N) is 2.